The highest BCUT2D eigenvalue weighted by Crippen LogP contribution is 2.17. The van der Waals surface area contributed by atoms with Crippen LogP contribution in [0, 0.1) is 0 Å². The molecule has 0 bridgehead atoms. The Morgan fingerprint density at radius 1 is 0.400 bits per heavy atom. The van der Waals surface area contributed by atoms with Crippen molar-refractivity contribution < 1.29 is 24.5 Å². The number of carbonyl (C=O) groups excluding carboxylic acids is 2. The highest BCUT2D eigenvalue weighted by Gasteiger charge is 2.18. The van der Waals surface area contributed by atoms with Gasteiger partial charge in [-0.2, -0.15) is 0 Å². The van der Waals surface area contributed by atoms with Crippen molar-refractivity contribution in [2.45, 2.75) is 347 Å². The van der Waals surface area contributed by atoms with Gasteiger partial charge in [-0.05, 0) is 64.2 Å². The van der Waals surface area contributed by atoms with E-state index in [1.54, 1.807) is 6.08 Å². The van der Waals surface area contributed by atoms with Gasteiger partial charge in [-0.3, -0.25) is 9.59 Å². The van der Waals surface area contributed by atoms with Crippen molar-refractivity contribution in [2.24, 2.45) is 0 Å². The van der Waals surface area contributed by atoms with Gasteiger partial charge in [0.15, 0.2) is 0 Å². The van der Waals surface area contributed by atoms with E-state index in [0.29, 0.717) is 19.4 Å². The first-order valence-electron chi connectivity index (χ1n) is 31.3. The molecule has 0 aliphatic heterocycles. The minimum Gasteiger partial charge on any atom is -0.466 e. The summed E-state index contributed by atoms with van der Waals surface area (Å²) in [5, 5.41) is 23.2. The van der Waals surface area contributed by atoms with Crippen LogP contribution in [0.3, 0.4) is 0 Å². The molecule has 3 N–H and O–H groups in total. The van der Waals surface area contributed by atoms with Gasteiger partial charge in [-0.1, -0.05) is 294 Å². The van der Waals surface area contributed by atoms with Gasteiger partial charge in [0.25, 0.3) is 0 Å². The molecule has 0 aliphatic rings. The van der Waals surface area contributed by atoms with Crippen LogP contribution in [0.1, 0.15) is 335 Å². The SMILES string of the molecule is CCCCCC/C=C\C/C=C\CCCCCCCC(=O)OCCCCCCCCCCCCCCCCCC(=O)NC(CO)C(O)/C=C/CCCCCCCCCCCCCCCCCCCCCC. The molecule has 0 saturated carbocycles. The van der Waals surface area contributed by atoms with Crippen molar-refractivity contribution in [3.63, 3.8) is 0 Å². The number of unbranched alkanes of at least 4 members (excludes halogenated alkanes) is 43. The van der Waals surface area contributed by atoms with E-state index < -0.39 is 12.1 Å². The molecular formula is C64H121NO5. The summed E-state index contributed by atoms with van der Waals surface area (Å²) >= 11 is 0. The highest BCUT2D eigenvalue weighted by molar-refractivity contribution is 5.76. The van der Waals surface area contributed by atoms with Gasteiger partial charge >= 0.3 is 5.97 Å². The molecule has 1 amide bonds. The van der Waals surface area contributed by atoms with Gasteiger partial charge in [0.1, 0.15) is 0 Å². The molecule has 6 nitrogen and oxygen atoms in total. The van der Waals surface area contributed by atoms with E-state index in [4.69, 9.17) is 4.74 Å². The summed E-state index contributed by atoms with van der Waals surface area (Å²) in [5.74, 6) is -0.0878. The highest BCUT2D eigenvalue weighted by atomic mass is 16.5. The van der Waals surface area contributed by atoms with Crippen molar-refractivity contribution in [3.8, 4) is 0 Å². The topological polar surface area (TPSA) is 95.9 Å². The number of rotatable bonds is 58. The lowest BCUT2D eigenvalue weighted by molar-refractivity contribution is -0.143. The molecule has 2 atom stereocenters. The van der Waals surface area contributed by atoms with E-state index in [-0.39, 0.29) is 18.5 Å². The Kier molecular flexibility index (Phi) is 58.0. The van der Waals surface area contributed by atoms with E-state index in [2.05, 4.69) is 43.5 Å². The zero-order valence-corrected chi connectivity index (χ0v) is 47.0. The quantitative estimate of drug-likeness (QED) is 0.0321. The minimum atomic E-state index is -0.852. The molecule has 0 aromatic carbocycles. The van der Waals surface area contributed by atoms with Crippen molar-refractivity contribution in [3.05, 3.63) is 36.5 Å². The average molecular weight is 985 g/mol. The first-order valence-corrected chi connectivity index (χ1v) is 31.3. The third-order valence-corrected chi connectivity index (χ3v) is 14.4. The van der Waals surface area contributed by atoms with Crippen molar-refractivity contribution >= 4 is 11.9 Å². The summed E-state index contributed by atoms with van der Waals surface area (Å²) in [6, 6.07) is -0.636. The first kappa shape index (κ1) is 68.1. The molecule has 0 saturated heterocycles. The Bertz CT molecular complexity index is 1130. The number of hydrogen-bond acceptors (Lipinski definition) is 5. The van der Waals surface area contributed by atoms with Crippen LogP contribution in [0.25, 0.3) is 0 Å². The second-order valence-electron chi connectivity index (χ2n) is 21.4. The summed E-state index contributed by atoms with van der Waals surface area (Å²) in [6.45, 7) is 4.88. The number of ether oxygens (including phenoxy) is 1. The summed E-state index contributed by atoms with van der Waals surface area (Å²) in [6.07, 6.45) is 74.6. The molecule has 0 heterocycles. The van der Waals surface area contributed by atoms with Crippen LogP contribution in [0.5, 0.6) is 0 Å². The number of carbonyl (C=O) groups is 2. The lowest BCUT2D eigenvalue weighted by atomic mass is 10.0. The van der Waals surface area contributed by atoms with Crippen molar-refractivity contribution in [1.29, 1.82) is 0 Å². The largest absolute Gasteiger partial charge is 0.466 e. The second kappa shape index (κ2) is 59.6. The average Bonchev–Trinajstić information content (AvgIpc) is 3.36. The van der Waals surface area contributed by atoms with Gasteiger partial charge in [0.2, 0.25) is 5.91 Å². The van der Waals surface area contributed by atoms with Crippen LogP contribution in [0.2, 0.25) is 0 Å². The second-order valence-corrected chi connectivity index (χ2v) is 21.4. The molecule has 0 aromatic rings. The van der Waals surface area contributed by atoms with E-state index in [1.165, 1.54) is 244 Å². The van der Waals surface area contributed by atoms with Crippen LogP contribution in [-0.4, -0.2) is 47.4 Å². The van der Waals surface area contributed by atoms with E-state index >= 15 is 0 Å². The molecule has 0 fully saturated rings. The van der Waals surface area contributed by atoms with E-state index in [0.717, 1.165) is 64.2 Å². The summed E-state index contributed by atoms with van der Waals surface area (Å²) in [5.41, 5.74) is 0. The number of allylic oxidation sites excluding steroid dienone is 5. The molecule has 6 heteroatoms. The number of hydrogen-bond donors (Lipinski definition) is 3. The molecule has 0 spiro atoms. The lowest BCUT2D eigenvalue weighted by Gasteiger charge is -2.20. The number of nitrogens with one attached hydrogen (secondary N) is 1. The summed E-state index contributed by atoms with van der Waals surface area (Å²) in [4.78, 5) is 24.6. The van der Waals surface area contributed by atoms with Gasteiger partial charge in [0.05, 0.1) is 25.4 Å². The third kappa shape index (κ3) is 55.4. The molecule has 0 aliphatic carbocycles. The zero-order valence-electron chi connectivity index (χ0n) is 47.0. The molecule has 2 unspecified atom stereocenters. The van der Waals surface area contributed by atoms with Crippen molar-refractivity contribution in [1.82, 2.24) is 5.32 Å². The molecule has 0 aromatic heterocycles. The minimum absolute atomic E-state index is 0.0135. The fraction of sp³-hybridized carbons (Fsp3) is 0.875. The fourth-order valence-electron chi connectivity index (χ4n) is 9.61. The van der Waals surface area contributed by atoms with Crippen LogP contribution in [0.4, 0.5) is 0 Å². The fourth-order valence-corrected chi connectivity index (χ4v) is 9.61. The Hall–Kier alpha value is -1.92. The van der Waals surface area contributed by atoms with Crippen molar-refractivity contribution in [2.75, 3.05) is 13.2 Å². The van der Waals surface area contributed by atoms with Gasteiger partial charge in [-0.25, -0.2) is 0 Å². The molecule has 0 rings (SSSR count). The maximum absolute atomic E-state index is 12.5. The monoisotopic (exact) mass is 984 g/mol. The number of aliphatic hydroxyl groups is 2. The Morgan fingerprint density at radius 2 is 0.714 bits per heavy atom. The number of amides is 1. The van der Waals surface area contributed by atoms with Crippen LogP contribution in [0.15, 0.2) is 36.5 Å². The maximum atomic E-state index is 12.5. The number of esters is 1. The maximum Gasteiger partial charge on any atom is 0.305 e. The third-order valence-electron chi connectivity index (χ3n) is 14.4. The lowest BCUT2D eigenvalue weighted by Crippen LogP contribution is -2.45. The predicted molar refractivity (Wildman–Crippen MR) is 306 cm³/mol. The smallest absolute Gasteiger partial charge is 0.305 e. The summed E-state index contributed by atoms with van der Waals surface area (Å²) in [7, 11) is 0. The van der Waals surface area contributed by atoms with Crippen LogP contribution >= 0.6 is 0 Å². The normalized spacial score (nSPS) is 12.8. The van der Waals surface area contributed by atoms with Gasteiger partial charge < -0.3 is 20.3 Å². The van der Waals surface area contributed by atoms with E-state index in [9.17, 15) is 19.8 Å². The van der Waals surface area contributed by atoms with Crippen LogP contribution in [-0.2, 0) is 14.3 Å². The Balaban J connectivity index is 3.47. The molecule has 70 heavy (non-hydrogen) atoms. The van der Waals surface area contributed by atoms with Gasteiger partial charge in [-0.15, -0.1) is 0 Å². The zero-order chi connectivity index (χ0) is 50.7. The van der Waals surface area contributed by atoms with Gasteiger partial charge in [0, 0.05) is 12.8 Å². The Morgan fingerprint density at radius 3 is 1.10 bits per heavy atom. The standard InChI is InChI=1S/C64H121NO5/c1-3-5-7-9-11-13-15-17-19-21-22-23-24-25-26-28-32-36-40-44-48-52-56-62(67)61(60-66)65-63(68)57-53-49-45-41-37-33-29-27-31-35-39-43-47-51-55-59-70-64(69)58-54-50-46-42-38-34-30-20-18-16-14-12-10-8-6-4-2/h14,16,20,30,52,56,61-62,66-67H,3-13,15,17-19,21-29,31-51,53-55,57-60H2,1-2H3,(H,65,68)/b16-14-,30-20-,56-52+. The molecular weight excluding hydrogens is 863 g/mol. The summed E-state index contributed by atoms with van der Waals surface area (Å²) < 4.78 is 5.47. The predicted octanol–water partition coefficient (Wildman–Crippen LogP) is 19.6. The Labute approximate surface area is 436 Å². The van der Waals surface area contributed by atoms with Crippen LogP contribution < -0.4 is 5.32 Å². The molecule has 412 valence electrons. The first-order chi connectivity index (χ1) is 34.5. The molecule has 0 radical (unpaired) electrons. The van der Waals surface area contributed by atoms with E-state index in [1.807, 2.05) is 6.08 Å². The number of aliphatic hydroxyl groups excluding tert-OH is 2.